The molecule has 1 atom stereocenters. The molecule has 2 aromatic heterocycles. The molecule has 3 N–H and O–H groups in total. The van der Waals surface area contributed by atoms with Gasteiger partial charge in [-0.2, -0.15) is 5.10 Å². The first-order chi connectivity index (χ1) is 9.78. The van der Waals surface area contributed by atoms with E-state index in [2.05, 4.69) is 20.5 Å². The van der Waals surface area contributed by atoms with Crippen molar-refractivity contribution in [2.75, 3.05) is 0 Å². The van der Waals surface area contributed by atoms with Crippen LogP contribution < -0.4 is 11.3 Å². The zero-order valence-corrected chi connectivity index (χ0v) is 11.2. The Morgan fingerprint density at radius 1 is 1.25 bits per heavy atom. The van der Waals surface area contributed by atoms with Crippen LogP contribution in [0.5, 0.6) is 0 Å². The fourth-order valence-corrected chi connectivity index (χ4v) is 2.34. The van der Waals surface area contributed by atoms with Crippen LogP contribution >= 0.6 is 0 Å². The van der Waals surface area contributed by atoms with E-state index in [-0.39, 0.29) is 6.04 Å². The summed E-state index contributed by atoms with van der Waals surface area (Å²) in [6.45, 7) is 0. The lowest BCUT2D eigenvalue weighted by molar-refractivity contribution is 0.544. The molecule has 0 saturated heterocycles. The molecule has 1 aromatic carbocycles. The van der Waals surface area contributed by atoms with Crippen molar-refractivity contribution in [3.63, 3.8) is 0 Å². The van der Waals surface area contributed by atoms with E-state index >= 15 is 0 Å². The van der Waals surface area contributed by atoms with Gasteiger partial charge in [-0.25, -0.2) is 0 Å². The first kappa shape index (κ1) is 12.7. The molecule has 102 valence electrons. The average Bonchev–Trinajstić information content (AvgIpc) is 2.89. The summed E-state index contributed by atoms with van der Waals surface area (Å²) in [6, 6.07) is 7.87. The van der Waals surface area contributed by atoms with Gasteiger partial charge in [-0.05, 0) is 17.7 Å². The van der Waals surface area contributed by atoms with E-state index in [1.54, 1.807) is 17.1 Å². The van der Waals surface area contributed by atoms with Crippen molar-refractivity contribution in [3.05, 3.63) is 54.1 Å². The number of benzene rings is 1. The maximum absolute atomic E-state index is 5.72. The Morgan fingerprint density at radius 3 is 2.85 bits per heavy atom. The molecule has 0 saturated carbocycles. The number of nitrogens with two attached hydrogens (primary N) is 1. The quantitative estimate of drug-likeness (QED) is 0.547. The molecular formula is C14H16N6. The van der Waals surface area contributed by atoms with Gasteiger partial charge in [0.1, 0.15) is 0 Å². The van der Waals surface area contributed by atoms with Gasteiger partial charge in [0.05, 0.1) is 22.8 Å². The predicted octanol–water partition coefficient (Wildman–Crippen LogP) is 1.11. The van der Waals surface area contributed by atoms with Gasteiger partial charge in [-0.15, -0.1) is 0 Å². The number of hydrazine groups is 1. The molecule has 0 bridgehead atoms. The maximum Gasteiger partial charge on any atom is 0.0935 e. The minimum Gasteiger partial charge on any atom is -0.276 e. The monoisotopic (exact) mass is 268 g/mol. The fourth-order valence-electron chi connectivity index (χ4n) is 2.34. The summed E-state index contributed by atoms with van der Waals surface area (Å²) in [5, 5.41) is 4.39. The molecule has 3 aromatic rings. The molecule has 0 spiro atoms. The second-order valence-corrected chi connectivity index (χ2v) is 4.68. The summed E-state index contributed by atoms with van der Waals surface area (Å²) in [6.07, 6.45) is 6.01. The standard InChI is InChI=1S/C14H16N6/c1-20-8-5-10(19-20)9-13(18-15)11-3-2-4-12-14(11)17-7-6-16-12/h2-8,13,18H,9,15H2,1H3. The van der Waals surface area contributed by atoms with Crippen molar-refractivity contribution < 1.29 is 0 Å². The Morgan fingerprint density at radius 2 is 2.10 bits per heavy atom. The molecule has 0 fully saturated rings. The molecule has 6 heteroatoms. The van der Waals surface area contributed by atoms with Crippen molar-refractivity contribution in [2.24, 2.45) is 12.9 Å². The van der Waals surface area contributed by atoms with Crippen molar-refractivity contribution >= 4 is 11.0 Å². The van der Waals surface area contributed by atoms with Crippen LogP contribution in [0.1, 0.15) is 17.3 Å². The third kappa shape index (κ3) is 2.38. The SMILES string of the molecule is Cn1ccc(CC(NN)c2cccc3nccnc23)n1. The lowest BCUT2D eigenvalue weighted by Gasteiger charge is -2.16. The molecule has 0 aliphatic rings. The van der Waals surface area contributed by atoms with Crippen LogP contribution in [0.4, 0.5) is 0 Å². The highest BCUT2D eigenvalue weighted by Crippen LogP contribution is 2.23. The highest BCUT2D eigenvalue weighted by molar-refractivity contribution is 5.78. The van der Waals surface area contributed by atoms with E-state index in [9.17, 15) is 0 Å². The van der Waals surface area contributed by atoms with Crippen molar-refractivity contribution in [2.45, 2.75) is 12.5 Å². The van der Waals surface area contributed by atoms with Gasteiger partial charge in [-0.1, -0.05) is 12.1 Å². The Labute approximate surface area is 116 Å². The minimum absolute atomic E-state index is 0.0506. The zero-order chi connectivity index (χ0) is 13.9. The van der Waals surface area contributed by atoms with Crippen LogP contribution in [0.2, 0.25) is 0 Å². The number of aryl methyl sites for hydroxylation is 1. The van der Waals surface area contributed by atoms with E-state index in [0.717, 1.165) is 22.3 Å². The minimum atomic E-state index is -0.0506. The number of nitrogens with one attached hydrogen (secondary N) is 1. The van der Waals surface area contributed by atoms with Crippen LogP contribution in [-0.4, -0.2) is 19.7 Å². The second kappa shape index (κ2) is 5.36. The average molecular weight is 268 g/mol. The number of fused-ring (bicyclic) bond motifs is 1. The molecule has 2 heterocycles. The van der Waals surface area contributed by atoms with Gasteiger partial charge in [0, 0.05) is 32.1 Å². The molecule has 20 heavy (non-hydrogen) atoms. The van der Waals surface area contributed by atoms with E-state index in [0.29, 0.717) is 6.42 Å². The third-order valence-corrected chi connectivity index (χ3v) is 3.29. The highest BCUT2D eigenvalue weighted by Gasteiger charge is 2.15. The first-order valence-corrected chi connectivity index (χ1v) is 6.42. The normalized spacial score (nSPS) is 12.7. The summed E-state index contributed by atoms with van der Waals surface area (Å²) in [4.78, 5) is 8.73. The number of hydrogen-bond donors (Lipinski definition) is 2. The Hall–Kier alpha value is -2.31. The summed E-state index contributed by atoms with van der Waals surface area (Å²) < 4.78 is 1.78. The van der Waals surface area contributed by atoms with E-state index in [4.69, 9.17) is 5.84 Å². The fraction of sp³-hybridized carbons (Fsp3) is 0.214. The van der Waals surface area contributed by atoms with Crippen molar-refractivity contribution in [1.29, 1.82) is 0 Å². The number of nitrogens with zero attached hydrogens (tertiary/aromatic N) is 4. The van der Waals surface area contributed by atoms with Crippen LogP contribution in [0, 0.1) is 0 Å². The third-order valence-electron chi connectivity index (χ3n) is 3.29. The lowest BCUT2D eigenvalue weighted by atomic mass is 10.0. The molecule has 3 rings (SSSR count). The summed E-state index contributed by atoms with van der Waals surface area (Å²) in [7, 11) is 1.90. The number of para-hydroxylation sites is 1. The smallest absolute Gasteiger partial charge is 0.0935 e. The van der Waals surface area contributed by atoms with Gasteiger partial charge < -0.3 is 0 Å². The van der Waals surface area contributed by atoms with Gasteiger partial charge >= 0.3 is 0 Å². The Kier molecular flexibility index (Phi) is 3.41. The Balaban J connectivity index is 1.98. The molecule has 0 amide bonds. The first-order valence-electron chi connectivity index (χ1n) is 6.42. The highest BCUT2D eigenvalue weighted by atomic mass is 15.3. The predicted molar refractivity (Wildman–Crippen MR) is 76.5 cm³/mol. The molecule has 0 aliphatic heterocycles. The van der Waals surface area contributed by atoms with Gasteiger partial charge in [0.2, 0.25) is 0 Å². The zero-order valence-electron chi connectivity index (χ0n) is 11.2. The van der Waals surface area contributed by atoms with Gasteiger partial charge in [0.25, 0.3) is 0 Å². The second-order valence-electron chi connectivity index (χ2n) is 4.68. The lowest BCUT2D eigenvalue weighted by Crippen LogP contribution is -2.30. The van der Waals surface area contributed by atoms with E-state index in [1.165, 1.54) is 0 Å². The van der Waals surface area contributed by atoms with E-state index < -0.39 is 0 Å². The van der Waals surface area contributed by atoms with Crippen molar-refractivity contribution in [1.82, 2.24) is 25.2 Å². The van der Waals surface area contributed by atoms with Crippen LogP contribution in [0.3, 0.4) is 0 Å². The van der Waals surface area contributed by atoms with Gasteiger partial charge in [-0.3, -0.25) is 25.9 Å². The van der Waals surface area contributed by atoms with Gasteiger partial charge in [0.15, 0.2) is 0 Å². The maximum atomic E-state index is 5.72. The molecule has 1 unspecified atom stereocenters. The molecule has 0 aliphatic carbocycles. The summed E-state index contributed by atoms with van der Waals surface area (Å²) in [5.74, 6) is 5.72. The van der Waals surface area contributed by atoms with E-state index in [1.807, 2.05) is 37.5 Å². The molecule has 6 nitrogen and oxygen atoms in total. The summed E-state index contributed by atoms with van der Waals surface area (Å²) >= 11 is 0. The largest absolute Gasteiger partial charge is 0.276 e. The van der Waals surface area contributed by atoms with Crippen LogP contribution in [0.15, 0.2) is 42.9 Å². The Bertz CT molecular complexity index is 715. The number of rotatable bonds is 4. The molecule has 0 radical (unpaired) electrons. The topological polar surface area (TPSA) is 81.7 Å². The van der Waals surface area contributed by atoms with Crippen molar-refractivity contribution in [3.8, 4) is 0 Å². The van der Waals surface area contributed by atoms with Crippen LogP contribution in [0.25, 0.3) is 11.0 Å². The van der Waals surface area contributed by atoms with Crippen LogP contribution in [-0.2, 0) is 13.5 Å². The number of aromatic nitrogens is 4. The molecular weight excluding hydrogens is 252 g/mol. The number of hydrogen-bond acceptors (Lipinski definition) is 5. The summed E-state index contributed by atoms with van der Waals surface area (Å²) in [5.41, 5.74) is 6.60.